The third-order valence-electron chi connectivity index (χ3n) is 7.45. The number of fused-ring (bicyclic) bond motifs is 1. The van der Waals surface area contributed by atoms with Gasteiger partial charge in [-0.15, -0.1) is 0 Å². The smallest absolute Gasteiger partial charge is 0.380 e. The van der Waals surface area contributed by atoms with E-state index in [4.69, 9.17) is 0 Å². The fraction of sp³-hybridized carbons (Fsp3) is 0.286. The maximum absolute atomic E-state index is 15.2. The molecule has 4 heterocycles. The number of anilines is 1. The molecule has 216 valence electrons. The molecule has 0 amide bonds. The molecule has 14 heteroatoms. The summed E-state index contributed by atoms with van der Waals surface area (Å²) in [6, 6.07) is 5.84. The fourth-order valence-corrected chi connectivity index (χ4v) is 5.50. The molecule has 0 aliphatic heterocycles. The van der Waals surface area contributed by atoms with Gasteiger partial charge in [-0.3, -0.25) is 9.59 Å². The Bertz CT molecular complexity index is 1850. The van der Waals surface area contributed by atoms with Crippen molar-refractivity contribution < 1.29 is 17.6 Å². The average molecular weight is 581 g/mol. The number of benzene rings is 1. The lowest BCUT2D eigenvalue weighted by Gasteiger charge is -2.31. The number of hydrogen-bond acceptors (Lipinski definition) is 7. The predicted molar refractivity (Wildman–Crippen MR) is 146 cm³/mol. The zero-order valence-corrected chi connectivity index (χ0v) is 22.0. The Morgan fingerprint density at radius 3 is 2.62 bits per heavy atom. The minimum atomic E-state index is -4.84. The first-order valence-corrected chi connectivity index (χ1v) is 13.2. The number of halogens is 4. The zero-order chi connectivity index (χ0) is 29.4. The second kappa shape index (κ2) is 10.8. The Morgan fingerprint density at radius 2 is 1.88 bits per heavy atom. The highest BCUT2D eigenvalue weighted by Crippen LogP contribution is 2.34. The molecule has 5 aromatic rings. The molecular weight excluding hydrogens is 556 g/mol. The molecule has 6 rings (SSSR count). The average Bonchev–Trinajstić information content (AvgIpc) is 3.50. The molecule has 0 bridgehead atoms. The number of nitrogens with zero attached hydrogens (tertiary/aromatic N) is 6. The van der Waals surface area contributed by atoms with E-state index in [1.807, 2.05) is 5.10 Å². The number of aromatic amines is 1. The van der Waals surface area contributed by atoms with Crippen molar-refractivity contribution in [3.63, 3.8) is 0 Å². The fourth-order valence-electron chi connectivity index (χ4n) is 5.50. The maximum atomic E-state index is 15.2. The van der Waals surface area contributed by atoms with Crippen molar-refractivity contribution in [2.45, 2.75) is 44.4 Å². The van der Waals surface area contributed by atoms with Gasteiger partial charge in [0.15, 0.2) is 5.82 Å². The molecule has 2 N–H and O–H groups in total. The van der Waals surface area contributed by atoms with Crippen LogP contribution in [0.4, 0.5) is 23.2 Å². The Hall–Kier alpha value is -4.88. The van der Waals surface area contributed by atoms with Gasteiger partial charge in [0.05, 0.1) is 35.2 Å². The molecule has 10 nitrogen and oxygen atoms in total. The minimum absolute atomic E-state index is 0.0264. The van der Waals surface area contributed by atoms with E-state index in [1.165, 1.54) is 29.1 Å². The first-order valence-electron chi connectivity index (χ1n) is 13.2. The summed E-state index contributed by atoms with van der Waals surface area (Å²) < 4.78 is 58.6. The molecular formula is C28H24F4N8O2. The van der Waals surface area contributed by atoms with Gasteiger partial charge in [-0.2, -0.15) is 23.4 Å². The van der Waals surface area contributed by atoms with E-state index in [2.05, 4.69) is 25.5 Å². The highest BCUT2D eigenvalue weighted by Gasteiger charge is 2.38. The van der Waals surface area contributed by atoms with Gasteiger partial charge in [0.1, 0.15) is 17.1 Å². The highest BCUT2D eigenvalue weighted by atomic mass is 19.4. The van der Waals surface area contributed by atoms with E-state index in [0.717, 1.165) is 19.0 Å². The van der Waals surface area contributed by atoms with Gasteiger partial charge in [0.2, 0.25) is 0 Å². The van der Waals surface area contributed by atoms with Gasteiger partial charge in [-0.1, -0.05) is 6.42 Å². The summed E-state index contributed by atoms with van der Waals surface area (Å²) in [6.45, 7) is 0.314. The third-order valence-corrected chi connectivity index (χ3v) is 7.45. The monoisotopic (exact) mass is 580 g/mol. The van der Waals surface area contributed by atoms with Crippen LogP contribution in [0.15, 0.2) is 71.0 Å². The summed E-state index contributed by atoms with van der Waals surface area (Å²) >= 11 is 0. The maximum Gasteiger partial charge on any atom is 0.423 e. The highest BCUT2D eigenvalue weighted by molar-refractivity contribution is 5.86. The van der Waals surface area contributed by atoms with Crippen molar-refractivity contribution in [2.24, 2.45) is 5.92 Å². The Morgan fingerprint density at radius 1 is 1.07 bits per heavy atom. The van der Waals surface area contributed by atoms with E-state index in [1.54, 1.807) is 35.4 Å². The topological polar surface area (TPSA) is 123 Å². The standard InChI is InChI=1S/C28H24F4N8O2/c29-22-11-20-17(10-21(22)25-33-12-19(13-34-25)40-7-2-6-36-40)5-8-39(27(20)42)15-16-3-1-4-18(9-16)37-23-14-35-38-26(41)24(23)28(30,31)32/h2,5-8,10-14,16,18H,1,3-4,9,15H2,(H2,37,38,41)/t16-,18+/m1/s1. The van der Waals surface area contributed by atoms with Gasteiger partial charge < -0.3 is 9.88 Å². The van der Waals surface area contributed by atoms with E-state index >= 15 is 4.39 Å². The van der Waals surface area contributed by atoms with Crippen LogP contribution < -0.4 is 16.4 Å². The quantitative estimate of drug-likeness (QED) is 0.283. The molecule has 1 aliphatic carbocycles. The van der Waals surface area contributed by atoms with Gasteiger partial charge >= 0.3 is 6.18 Å². The molecule has 0 spiro atoms. The van der Waals surface area contributed by atoms with Crippen molar-refractivity contribution in [1.82, 2.24) is 34.5 Å². The largest absolute Gasteiger partial charge is 0.423 e. The molecule has 1 fully saturated rings. The van der Waals surface area contributed by atoms with E-state index < -0.39 is 23.1 Å². The van der Waals surface area contributed by atoms with Crippen LogP contribution in [-0.4, -0.2) is 40.6 Å². The van der Waals surface area contributed by atoms with Crippen molar-refractivity contribution >= 4 is 16.5 Å². The summed E-state index contributed by atoms with van der Waals surface area (Å²) in [4.78, 5) is 33.6. The number of alkyl halides is 3. The number of H-pyrrole nitrogens is 1. The summed E-state index contributed by atoms with van der Waals surface area (Å²) in [5.74, 6) is -0.501. The van der Waals surface area contributed by atoms with Crippen molar-refractivity contribution in [1.29, 1.82) is 0 Å². The van der Waals surface area contributed by atoms with Gasteiger partial charge in [-0.05, 0) is 54.8 Å². The lowest BCUT2D eigenvalue weighted by Crippen LogP contribution is -2.33. The number of pyridine rings is 1. The summed E-state index contributed by atoms with van der Waals surface area (Å²) in [5, 5.41) is 13.0. The molecule has 1 aliphatic rings. The molecule has 1 aromatic carbocycles. The van der Waals surface area contributed by atoms with Crippen LogP contribution in [0.2, 0.25) is 0 Å². The number of rotatable bonds is 6. The Labute approximate surface area is 235 Å². The Balaban J connectivity index is 1.20. The van der Waals surface area contributed by atoms with Crippen molar-refractivity contribution in [3.05, 3.63) is 93.5 Å². The zero-order valence-electron chi connectivity index (χ0n) is 22.0. The molecule has 0 unspecified atom stereocenters. The van der Waals surface area contributed by atoms with Crippen LogP contribution in [0.3, 0.4) is 0 Å². The lowest BCUT2D eigenvalue weighted by molar-refractivity contribution is -0.138. The lowest BCUT2D eigenvalue weighted by atomic mass is 9.85. The second-order valence-electron chi connectivity index (χ2n) is 10.3. The second-order valence-corrected chi connectivity index (χ2v) is 10.3. The van der Waals surface area contributed by atoms with Gasteiger partial charge in [0.25, 0.3) is 11.1 Å². The first-order chi connectivity index (χ1) is 20.2. The molecule has 42 heavy (non-hydrogen) atoms. The Kier molecular flexibility index (Phi) is 7.04. The van der Waals surface area contributed by atoms with Gasteiger partial charge in [0, 0.05) is 31.2 Å². The molecule has 0 saturated heterocycles. The van der Waals surface area contributed by atoms with Crippen LogP contribution in [0.1, 0.15) is 31.2 Å². The van der Waals surface area contributed by atoms with E-state index in [0.29, 0.717) is 30.5 Å². The molecule has 0 radical (unpaired) electrons. The van der Waals surface area contributed by atoms with Crippen LogP contribution in [0.25, 0.3) is 27.8 Å². The summed E-state index contributed by atoms with van der Waals surface area (Å²) in [7, 11) is 0. The SMILES string of the molecule is O=c1[nH]ncc(N[C@H]2CCC[C@@H](Cn3ccc4cc(-c5ncc(-n6cccn6)cn5)c(F)cc4c3=O)C2)c1C(F)(F)F. The first kappa shape index (κ1) is 27.3. The molecule has 1 saturated carbocycles. The molecule has 2 atom stereocenters. The van der Waals surface area contributed by atoms with Crippen LogP contribution in [0, 0.1) is 11.7 Å². The molecule has 4 aromatic heterocycles. The summed E-state index contributed by atoms with van der Waals surface area (Å²) in [6.07, 6.45) is 6.73. The van der Waals surface area contributed by atoms with Gasteiger partial charge in [-0.25, -0.2) is 24.1 Å². The predicted octanol–water partition coefficient (Wildman–Crippen LogP) is 4.56. The number of nitrogens with one attached hydrogen (secondary N) is 2. The van der Waals surface area contributed by atoms with Crippen LogP contribution >= 0.6 is 0 Å². The van der Waals surface area contributed by atoms with E-state index in [9.17, 15) is 22.8 Å². The summed E-state index contributed by atoms with van der Waals surface area (Å²) in [5.41, 5.74) is -2.60. The van der Waals surface area contributed by atoms with Crippen LogP contribution in [0.5, 0.6) is 0 Å². The van der Waals surface area contributed by atoms with Crippen molar-refractivity contribution in [3.8, 4) is 17.1 Å². The number of aromatic nitrogens is 7. The van der Waals surface area contributed by atoms with Crippen molar-refractivity contribution in [2.75, 3.05) is 5.32 Å². The number of hydrogen-bond donors (Lipinski definition) is 2. The third kappa shape index (κ3) is 5.39. The van der Waals surface area contributed by atoms with E-state index in [-0.39, 0.29) is 40.0 Å². The minimum Gasteiger partial charge on any atom is -0.380 e. The normalized spacial score (nSPS) is 17.4. The van der Waals surface area contributed by atoms with Crippen LogP contribution in [-0.2, 0) is 12.7 Å².